The summed E-state index contributed by atoms with van der Waals surface area (Å²) in [6.07, 6.45) is 0.747. The van der Waals surface area contributed by atoms with Crippen molar-refractivity contribution in [3.8, 4) is 5.75 Å². The summed E-state index contributed by atoms with van der Waals surface area (Å²) in [5.41, 5.74) is 2.05. The molecule has 2 heterocycles. The second-order valence-corrected chi connectivity index (χ2v) is 6.94. The third kappa shape index (κ3) is 4.46. The topological polar surface area (TPSA) is 90.9 Å². The molecule has 1 aromatic heterocycles. The van der Waals surface area contributed by atoms with Gasteiger partial charge in [-0.3, -0.25) is 4.79 Å². The van der Waals surface area contributed by atoms with Crippen molar-refractivity contribution in [1.29, 1.82) is 0 Å². The third-order valence-electron chi connectivity index (χ3n) is 3.90. The van der Waals surface area contributed by atoms with Crippen molar-refractivity contribution >= 4 is 34.2 Å². The molecule has 3 rings (SSSR count). The van der Waals surface area contributed by atoms with Gasteiger partial charge in [0.2, 0.25) is 0 Å². The molecular formula is C19H19NO6S. The number of benzene rings is 1. The van der Waals surface area contributed by atoms with Crippen LogP contribution in [0.5, 0.6) is 5.75 Å². The smallest absolute Gasteiger partial charge is 0.348 e. The zero-order chi connectivity index (χ0) is 19.4. The second kappa shape index (κ2) is 8.22. The number of hydrogen-bond donors (Lipinski definition) is 1. The molecule has 0 aliphatic carbocycles. The molecule has 0 unspecified atom stereocenters. The quantitative estimate of drug-likeness (QED) is 0.764. The van der Waals surface area contributed by atoms with E-state index in [-0.39, 0.29) is 6.61 Å². The van der Waals surface area contributed by atoms with Gasteiger partial charge in [0.05, 0.1) is 23.8 Å². The minimum atomic E-state index is -0.575. The fourth-order valence-electron chi connectivity index (χ4n) is 2.64. The molecule has 2 aromatic rings. The molecular weight excluding hydrogens is 370 g/mol. The molecule has 0 bridgehead atoms. The summed E-state index contributed by atoms with van der Waals surface area (Å²) >= 11 is 1.12. The minimum absolute atomic E-state index is 0.280. The molecule has 27 heavy (non-hydrogen) atoms. The van der Waals surface area contributed by atoms with Crippen LogP contribution in [0.15, 0.2) is 24.3 Å². The van der Waals surface area contributed by atoms with Gasteiger partial charge in [-0.15, -0.1) is 11.3 Å². The maximum atomic E-state index is 12.1. The Morgan fingerprint density at radius 3 is 2.78 bits per heavy atom. The van der Waals surface area contributed by atoms with Crippen LogP contribution in [-0.4, -0.2) is 37.7 Å². The lowest BCUT2D eigenvalue weighted by Crippen LogP contribution is -2.20. The number of carbonyl (C=O) groups excluding carboxylic acids is 3. The Kier molecular flexibility index (Phi) is 5.75. The predicted octanol–water partition coefficient (Wildman–Crippen LogP) is 2.96. The van der Waals surface area contributed by atoms with E-state index in [1.807, 2.05) is 0 Å². The fourth-order valence-corrected chi connectivity index (χ4v) is 3.63. The maximum Gasteiger partial charge on any atom is 0.348 e. The van der Waals surface area contributed by atoms with Gasteiger partial charge in [0, 0.05) is 6.42 Å². The first-order valence-electron chi connectivity index (χ1n) is 8.48. The van der Waals surface area contributed by atoms with Gasteiger partial charge in [-0.05, 0) is 49.2 Å². The van der Waals surface area contributed by atoms with E-state index < -0.39 is 24.5 Å². The summed E-state index contributed by atoms with van der Waals surface area (Å²) in [6, 6.07) is 6.73. The summed E-state index contributed by atoms with van der Waals surface area (Å²) in [6.45, 7) is 3.95. The van der Waals surface area contributed by atoms with Crippen LogP contribution in [-0.2, 0) is 20.7 Å². The van der Waals surface area contributed by atoms with Gasteiger partial charge < -0.3 is 19.5 Å². The first-order valence-corrected chi connectivity index (χ1v) is 9.30. The highest BCUT2D eigenvalue weighted by Crippen LogP contribution is 2.28. The minimum Gasteiger partial charge on any atom is -0.493 e. The molecule has 1 aliphatic heterocycles. The Balaban J connectivity index is 1.54. The van der Waals surface area contributed by atoms with Gasteiger partial charge >= 0.3 is 11.9 Å². The largest absolute Gasteiger partial charge is 0.493 e. The van der Waals surface area contributed by atoms with E-state index in [4.69, 9.17) is 14.2 Å². The molecule has 0 fully saturated rings. The molecule has 142 valence electrons. The first-order chi connectivity index (χ1) is 13.0. The normalized spacial score (nSPS) is 12.1. The number of rotatable bonds is 6. The average Bonchev–Trinajstić information content (AvgIpc) is 3.25. The van der Waals surface area contributed by atoms with E-state index in [1.165, 1.54) is 0 Å². The Morgan fingerprint density at radius 2 is 2.00 bits per heavy atom. The number of hydrogen-bond acceptors (Lipinski definition) is 7. The van der Waals surface area contributed by atoms with E-state index in [1.54, 1.807) is 38.1 Å². The highest BCUT2D eigenvalue weighted by Gasteiger charge is 2.18. The van der Waals surface area contributed by atoms with Crippen LogP contribution in [0.2, 0.25) is 0 Å². The highest BCUT2D eigenvalue weighted by atomic mass is 32.1. The van der Waals surface area contributed by atoms with Crippen molar-refractivity contribution in [2.45, 2.75) is 20.3 Å². The van der Waals surface area contributed by atoms with Crippen LogP contribution in [0.3, 0.4) is 0 Å². The molecule has 8 heteroatoms. The van der Waals surface area contributed by atoms with E-state index in [9.17, 15) is 14.4 Å². The lowest BCUT2D eigenvalue weighted by Gasteiger charge is -2.06. The monoisotopic (exact) mass is 389 g/mol. The molecule has 1 aromatic carbocycles. The van der Waals surface area contributed by atoms with Crippen LogP contribution in [0.1, 0.15) is 38.1 Å². The summed E-state index contributed by atoms with van der Waals surface area (Å²) in [5.74, 6) is -0.707. The predicted molar refractivity (Wildman–Crippen MR) is 99.6 cm³/mol. The number of anilines is 1. The number of thiophene rings is 1. The number of esters is 2. The molecule has 0 saturated carbocycles. The van der Waals surface area contributed by atoms with Gasteiger partial charge in [0.25, 0.3) is 5.91 Å². The molecule has 0 spiro atoms. The Morgan fingerprint density at radius 1 is 1.19 bits per heavy atom. The summed E-state index contributed by atoms with van der Waals surface area (Å²) < 4.78 is 15.4. The van der Waals surface area contributed by atoms with Crippen molar-refractivity contribution < 1.29 is 28.6 Å². The van der Waals surface area contributed by atoms with Crippen molar-refractivity contribution in [2.24, 2.45) is 0 Å². The van der Waals surface area contributed by atoms with E-state index >= 15 is 0 Å². The first kappa shape index (κ1) is 18.9. The molecule has 0 saturated heterocycles. The number of amides is 1. The lowest BCUT2D eigenvalue weighted by molar-refractivity contribution is -0.119. The van der Waals surface area contributed by atoms with Crippen LogP contribution in [0, 0.1) is 6.92 Å². The number of nitrogens with one attached hydrogen (secondary N) is 1. The van der Waals surface area contributed by atoms with Crippen LogP contribution < -0.4 is 10.1 Å². The maximum absolute atomic E-state index is 12.1. The SMILES string of the molecule is CCOC(=O)c1sc(NC(=O)COC(=O)c2ccc3c(c2)CCO3)cc1C. The van der Waals surface area contributed by atoms with Crippen molar-refractivity contribution in [2.75, 3.05) is 25.1 Å². The zero-order valence-corrected chi connectivity index (χ0v) is 15.8. The van der Waals surface area contributed by atoms with Gasteiger partial charge in [0.1, 0.15) is 10.6 Å². The number of fused-ring (bicyclic) bond motifs is 1. The Labute approximate surface area is 160 Å². The van der Waals surface area contributed by atoms with Gasteiger partial charge in [-0.1, -0.05) is 0 Å². The fraction of sp³-hybridized carbons (Fsp3) is 0.316. The Bertz CT molecular complexity index is 888. The molecule has 1 aliphatic rings. The number of carbonyl (C=O) groups is 3. The molecule has 1 amide bonds. The number of ether oxygens (including phenoxy) is 3. The van der Waals surface area contributed by atoms with Crippen molar-refractivity contribution in [3.05, 3.63) is 45.8 Å². The van der Waals surface area contributed by atoms with E-state index in [0.717, 1.165) is 29.1 Å². The molecule has 1 N–H and O–H groups in total. The van der Waals surface area contributed by atoms with Gasteiger partial charge in [-0.2, -0.15) is 0 Å². The second-order valence-electron chi connectivity index (χ2n) is 5.89. The lowest BCUT2D eigenvalue weighted by atomic mass is 10.1. The summed E-state index contributed by atoms with van der Waals surface area (Å²) in [5, 5.41) is 3.12. The zero-order valence-electron chi connectivity index (χ0n) is 15.0. The molecule has 7 nitrogen and oxygen atoms in total. The van der Waals surface area contributed by atoms with Crippen molar-refractivity contribution in [3.63, 3.8) is 0 Å². The summed E-state index contributed by atoms with van der Waals surface area (Å²) in [7, 11) is 0. The summed E-state index contributed by atoms with van der Waals surface area (Å²) in [4.78, 5) is 36.4. The van der Waals surface area contributed by atoms with Crippen LogP contribution in [0.4, 0.5) is 5.00 Å². The van der Waals surface area contributed by atoms with Gasteiger partial charge in [-0.25, -0.2) is 9.59 Å². The van der Waals surface area contributed by atoms with E-state index in [0.29, 0.717) is 27.6 Å². The highest BCUT2D eigenvalue weighted by molar-refractivity contribution is 7.18. The van der Waals surface area contributed by atoms with E-state index in [2.05, 4.69) is 5.32 Å². The number of aryl methyl sites for hydroxylation is 1. The van der Waals surface area contributed by atoms with Gasteiger partial charge in [0.15, 0.2) is 6.61 Å². The standard InChI is InChI=1S/C19H19NO6S/c1-3-24-19(23)17-11(2)8-16(27-17)20-15(21)10-26-18(22)13-4-5-14-12(9-13)6-7-25-14/h4-5,8-9H,3,6-7,10H2,1-2H3,(H,20,21). The Hall–Kier alpha value is -2.87. The third-order valence-corrected chi connectivity index (χ3v) is 5.03. The van der Waals surface area contributed by atoms with Crippen LogP contribution in [0.25, 0.3) is 0 Å². The average molecular weight is 389 g/mol. The van der Waals surface area contributed by atoms with Crippen LogP contribution >= 0.6 is 11.3 Å². The van der Waals surface area contributed by atoms with Crippen molar-refractivity contribution in [1.82, 2.24) is 0 Å². The molecule has 0 radical (unpaired) electrons. The molecule has 0 atom stereocenters.